The van der Waals surface area contributed by atoms with Gasteiger partial charge in [-0.15, -0.1) is 11.3 Å². The number of hydrogen-bond donors (Lipinski definition) is 4. The molecule has 2 aromatic rings. The van der Waals surface area contributed by atoms with E-state index in [9.17, 15) is 20.4 Å². The fraction of sp³-hybridized carbons (Fsp3) is 0.500. The van der Waals surface area contributed by atoms with Crippen molar-refractivity contribution in [1.29, 1.82) is 0 Å². The van der Waals surface area contributed by atoms with Gasteiger partial charge in [-0.3, -0.25) is 0 Å². The van der Waals surface area contributed by atoms with E-state index in [0.717, 1.165) is 24.0 Å². The van der Waals surface area contributed by atoms with E-state index in [0.29, 0.717) is 5.56 Å². The van der Waals surface area contributed by atoms with Crippen LogP contribution in [0.3, 0.4) is 0 Å². The van der Waals surface area contributed by atoms with Crippen LogP contribution in [0, 0.1) is 6.92 Å². The third kappa shape index (κ3) is 3.94. The van der Waals surface area contributed by atoms with Crippen molar-refractivity contribution in [2.45, 2.75) is 57.5 Å². The third-order valence-corrected chi connectivity index (χ3v) is 6.20. The number of aliphatic hydroxyl groups excluding tert-OH is 3. The van der Waals surface area contributed by atoms with E-state index in [1.54, 1.807) is 17.4 Å². The van der Waals surface area contributed by atoms with Crippen molar-refractivity contribution in [3.05, 3.63) is 50.7 Å². The van der Waals surface area contributed by atoms with Crippen LogP contribution in [0.2, 0.25) is 0 Å². The van der Waals surface area contributed by atoms with Crippen LogP contribution in [0.5, 0.6) is 5.75 Å². The molecule has 1 aromatic carbocycles. The van der Waals surface area contributed by atoms with E-state index in [2.05, 4.69) is 19.1 Å². The van der Waals surface area contributed by atoms with Gasteiger partial charge in [-0.1, -0.05) is 6.92 Å². The van der Waals surface area contributed by atoms with Gasteiger partial charge < -0.3 is 25.2 Å². The molecule has 2 heterocycles. The maximum absolute atomic E-state index is 10.4. The molecular formula is C20H26O5S. The van der Waals surface area contributed by atoms with Gasteiger partial charge in [-0.25, -0.2) is 0 Å². The van der Waals surface area contributed by atoms with E-state index in [4.69, 9.17) is 4.74 Å². The fourth-order valence-electron chi connectivity index (χ4n) is 3.40. The standard InChI is InChI=1S/C20H26O5S/c1-3-14-4-5-15(26-14)7-12-8-16(17(22)6-11(12)2)20-19(24)18(23)9-13(10-21)25-20/h4-6,8,13,18-24H,3,7,9-10H2,1-2H3. The van der Waals surface area contributed by atoms with Crippen molar-refractivity contribution in [1.82, 2.24) is 0 Å². The van der Waals surface area contributed by atoms with E-state index < -0.39 is 24.4 Å². The Bertz CT molecular complexity index is 757. The molecule has 1 saturated heterocycles. The second-order valence-corrected chi connectivity index (χ2v) is 8.14. The summed E-state index contributed by atoms with van der Waals surface area (Å²) in [5, 5.41) is 40.2. The number of benzene rings is 1. The quantitative estimate of drug-likeness (QED) is 0.642. The van der Waals surface area contributed by atoms with Crippen LogP contribution in [0.15, 0.2) is 24.3 Å². The highest BCUT2D eigenvalue weighted by Gasteiger charge is 2.38. The van der Waals surface area contributed by atoms with Crippen molar-refractivity contribution in [3.8, 4) is 5.75 Å². The van der Waals surface area contributed by atoms with Crippen LogP contribution in [0.1, 0.15) is 45.9 Å². The molecule has 0 aliphatic carbocycles. The summed E-state index contributed by atoms with van der Waals surface area (Å²) in [6.45, 7) is 3.83. The summed E-state index contributed by atoms with van der Waals surface area (Å²) >= 11 is 1.77. The summed E-state index contributed by atoms with van der Waals surface area (Å²) in [4.78, 5) is 2.57. The molecule has 1 aromatic heterocycles. The summed E-state index contributed by atoms with van der Waals surface area (Å²) in [5.74, 6) is 0.0292. The number of ether oxygens (including phenoxy) is 1. The normalized spacial score (nSPS) is 26.2. The molecular weight excluding hydrogens is 352 g/mol. The highest BCUT2D eigenvalue weighted by molar-refractivity contribution is 7.12. The Morgan fingerprint density at radius 2 is 1.92 bits per heavy atom. The maximum atomic E-state index is 10.4. The summed E-state index contributed by atoms with van der Waals surface area (Å²) in [6.07, 6.45) is -1.67. The molecule has 142 valence electrons. The molecule has 4 unspecified atom stereocenters. The Balaban J connectivity index is 1.91. The fourth-order valence-corrected chi connectivity index (χ4v) is 4.38. The minimum absolute atomic E-state index is 0.0292. The monoisotopic (exact) mass is 378 g/mol. The Morgan fingerprint density at radius 1 is 1.19 bits per heavy atom. The zero-order chi connectivity index (χ0) is 18.8. The summed E-state index contributed by atoms with van der Waals surface area (Å²) in [7, 11) is 0. The van der Waals surface area contributed by atoms with Crippen molar-refractivity contribution in [2.24, 2.45) is 0 Å². The van der Waals surface area contributed by atoms with E-state index >= 15 is 0 Å². The van der Waals surface area contributed by atoms with Crippen molar-refractivity contribution in [2.75, 3.05) is 6.61 Å². The average molecular weight is 378 g/mol. The van der Waals surface area contributed by atoms with E-state index in [-0.39, 0.29) is 18.8 Å². The molecule has 4 atom stereocenters. The summed E-state index contributed by atoms with van der Waals surface area (Å²) in [5.41, 5.74) is 2.45. The number of aryl methyl sites for hydroxylation is 2. The average Bonchev–Trinajstić information content (AvgIpc) is 3.07. The van der Waals surface area contributed by atoms with Crippen molar-refractivity contribution >= 4 is 11.3 Å². The minimum Gasteiger partial charge on any atom is -0.508 e. The Labute approximate surface area is 157 Å². The molecule has 0 radical (unpaired) electrons. The Kier molecular flexibility index (Phi) is 5.99. The predicted octanol–water partition coefficient (Wildman–Crippen LogP) is 2.46. The van der Waals surface area contributed by atoms with Gasteiger partial charge in [0.15, 0.2) is 0 Å². The van der Waals surface area contributed by atoms with Gasteiger partial charge in [0.05, 0.1) is 18.8 Å². The van der Waals surface area contributed by atoms with Gasteiger partial charge in [-0.2, -0.15) is 0 Å². The smallest absolute Gasteiger partial charge is 0.121 e. The minimum atomic E-state index is -1.15. The number of hydrogen-bond acceptors (Lipinski definition) is 6. The highest BCUT2D eigenvalue weighted by Crippen LogP contribution is 2.38. The Morgan fingerprint density at radius 3 is 2.58 bits per heavy atom. The van der Waals surface area contributed by atoms with Crippen LogP contribution in [-0.4, -0.2) is 45.3 Å². The molecule has 4 N–H and O–H groups in total. The SMILES string of the molecule is CCc1ccc(Cc2cc(C3OC(CO)CC(O)C3O)c(O)cc2C)s1. The number of aliphatic hydroxyl groups is 3. The summed E-state index contributed by atoms with van der Waals surface area (Å²) < 4.78 is 5.73. The van der Waals surface area contributed by atoms with Gasteiger partial charge in [0.2, 0.25) is 0 Å². The predicted molar refractivity (Wildman–Crippen MR) is 101 cm³/mol. The van der Waals surface area contributed by atoms with Gasteiger partial charge >= 0.3 is 0 Å². The number of aromatic hydroxyl groups is 1. The molecule has 1 aliphatic rings. The second kappa shape index (κ2) is 8.06. The molecule has 1 fully saturated rings. The maximum Gasteiger partial charge on any atom is 0.121 e. The molecule has 0 spiro atoms. The van der Waals surface area contributed by atoms with Crippen LogP contribution < -0.4 is 0 Å². The lowest BCUT2D eigenvalue weighted by Crippen LogP contribution is -2.44. The molecule has 1 aliphatic heterocycles. The van der Waals surface area contributed by atoms with Crippen molar-refractivity contribution < 1.29 is 25.2 Å². The van der Waals surface area contributed by atoms with Crippen LogP contribution >= 0.6 is 11.3 Å². The van der Waals surface area contributed by atoms with Gasteiger partial charge in [-0.05, 0) is 48.7 Å². The number of phenols is 1. The van der Waals surface area contributed by atoms with Crippen molar-refractivity contribution in [3.63, 3.8) is 0 Å². The number of thiophene rings is 1. The Hall–Kier alpha value is -1.44. The first-order valence-corrected chi connectivity index (χ1v) is 9.77. The molecule has 0 bridgehead atoms. The van der Waals surface area contributed by atoms with Gasteiger partial charge in [0.1, 0.15) is 18.0 Å². The number of phenolic OH excluding ortho intramolecular Hbond substituents is 1. The molecule has 26 heavy (non-hydrogen) atoms. The zero-order valence-electron chi connectivity index (χ0n) is 15.1. The van der Waals surface area contributed by atoms with E-state index in [1.807, 2.05) is 13.0 Å². The lowest BCUT2D eigenvalue weighted by molar-refractivity contribution is -0.180. The second-order valence-electron chi connectivity index (χ2n) is 6.89. The largest absolute Gasteiger partial charge is 0.508 e. The van der Waals surface area contributed by atoms with Crippen LogP contribution in [-0.2, 0) is 17.6 Å². The lowest BCUT2D eigenvalue weighted by atomic mass is 9.90. The first-order valence-electron chi connectivity index (χ1n) is 8.95. The molecule has 0 saturated carbocycles. The summed E-state index contributed by atoms with van der Waals surface area (Å²) in [6, 6.07) is 7.76. The molecule has 0 amide bonds. The van der Waals surface area contributed by atoms with E-state index in [1.165, 1.54) is 9.75 Å². The topological polar surface area (TPSA) is 90.2 Å². The van der Waals surface area contributed by atoms with Crippen LogP contribution in [0.4, 0.5) is 0 Å². The highest BCUT2D eigenvalue weighted by atomic mass is 32.1. The zero-order valence-corrected chi connectivity index (χ0v) is 15.9. The van der Waals surface area contributed by atoms with Crippen LogP contribution in [0.25, 0.3) is 0 Å². The van der Waals surface area contributed by atoms with Gasteiger partial charge in [0, 0.05) is 28.2 Å². The molecule has 6 heteroatoms. The number of rotatable bonds is 5. The molecule has 5 nitrogen and oxygen atoms in total. The molecule has 3 rings (SSSR count). The first-order chi connectivity index (χ1) is 12.4. The first kappa shape index (κ1) is 19.3. The van der Waals surface area contributed by atoms with Gasteiger partial charge in [0.25, 0.3) is 0 Å². The third-order valence-electron chi connectivity index (χ3n) is 4.97. The lowest BCUT2D eigenvalue weighted by Gasteiger charge is -2.37.